The van der Waals surface area contributed by atoms with E-state index in [0.717, 1.165) is 37.4 Å². The van der Waals surface area contributed by atoms with E-state index in [0.29, 0.717) is 6.54 Å². The molecule has 2 aliphatic rings. The molecule has 1 aromatic rings. The summed E-state index contributed by atoms with van der Waals surface area (Å²) in [5.74, 6) is 3.39. The van der Waals surface area contributed by atoms with Crippen LogP contribution in [0.1, 0.15) is 30.4 Å². The largest absolute Gasteiger partial charge is 0.490 e. The number of nitrogens with two attached hydrogens (primary N) is 1. The zero-order chi connectivity index (χ0) is 14.7. The summed E-state index contributed by atoms with van der Waals surface area (Å²) < 4.78 is 12.5. The van der Waals surface area contributed by atoms with E-state index >= 15 is 0 Å². The minimum absolute atomic E-state index is 0.0737. The van der Waals surface area contributed by atoms with Crippen LogP contribution >= 0.6 is 11.8 Å². The van der Waals surface area contributed by atoms with Gasteiger partial charge in [-0.15, -0.1) is 0 Å². The van der Waals surface area contributed by atoms with E-state index in [-0.39, 0.29) is 11.7 Å². The van der Waals surface area contributed by atoms with Gasteiger partial charge in [0, 0.05) is 18.6 Å². The van der Waals surface area contributed by atoms with Crippen molar-refractivity contribution in [2.75, 3.05) is 24.7 Å². The van der Waals surface area contributed by atoms with E-state index in [1.807, 2.05) is 11.8 Å². The molecule has 4 heteroatoms. The van der Waals surface area contributed by atoms with Gasteiger partial charge >= 0.3 is 0 Å². The number of rotatable bonds is 4. The third kappa shape index (κ3) is 3.38. The van der Waals surface area contributed by atoms with Crippen molar-refractivity contribution in [1.29, 1.82) is 0 Å². The number of thioether (sulfide) groups is 1. The topological polar surface area (TPSA) is 44.5 Å². The second-order valence-electron chi connectivity index (χ2n) is 6.17. The first-order valence-electron chi connectivity index (χ1n) is 7.89. The first-order chi connectivity index (χ1) is 10.2. The predicted molar refractivity (Wildman–Crippen MR) is 88.2 cm³/mol. The Kier molecular flexibility index (Phi) is 4.77. The smallest absolute Gasteiger partial charge is 0.125 e. The lowest BCUT2D eigenvalue weighted by Gasteiger charge is -2.38. The summed E-state index contributed by atoms with van der Waals surface area (Å²) in [6.45, 7) is 3.60. The van der Waals surface area contributed by atoms with Crippen LogP contribution in [0.4, 0.5) is 0 Å². The standard InChI is InChI=1S/C17H25NO2S/c1-13-3-2-4-14(5-8-18)16(13)20-15-6-9-19-17(11-15)7-10-21-12-17/h2-4,15H,5-12,18H2,1H3. The Balaban J connectivity index is 1.74. The molecule has 0 aliphatic carbocycles. The monoisotopic (exact) mass is 307 g/mol. The lowest BCUT2D eigenvalue weighted by atomic mass is 9.91. The summed E-state index contributed by atoms with van der Waals surface area (Å²) in [6.07, 6.45) is 4.33. The van der Waals surface area contributed by atoms with Crippen molar-refractivity contribution in [3.05, 3.63) is 29.3 Å². The van der Waals surface area contributed by atoms with Gasteiger partial charge in [-0.2, -0.15) is 11.8 Å². The first-order valence-corrected chi connectivity index (χ1v) is 9.05. The molecular weight excluding hydrogens is 282 g/mol. The molecule has 0 aromatic heterocycles. The number of para-hydroxylation sites is 1. The number of benzene rings is 1. The fraction of sp³-hybridized carbons (Fsp3) is 0.647. The quantitative estimate of drug-likeness (QED) is 0.929. The average Bonchev–Trinajstić information content (AvgIpc) is 2.91. The number of ether oxygens (including phenoxy) is 2. The van der Waals surface area contributed by atoms with Gasteiger partial charge in [-0.25, -0.2) is 0 Å². The first kappa shape index (κ1) is 15.2. The molecule has 2 heterocycles. The van der Waals surface area contributed by atoms with Gasteiger partial charge < -0.3 is 15.2 Å². The van der Waals surface area contributed by atoms with Gasteiger partial charge in [-0.3, -0.25) is 0 Å². The van der Waals surface area contributed by atoms with Crippen LogP contribution < -0.4 is 10.5 Å². The van der Waals surface area contributed by atoms with Gasteiger partial charge in [-0.1, -0.05) is 18.2 Å². The van der Waals surface area contributed by atoms with Crippen molar-refractivity contribution in [1.82, 2.24) is 0 Å². The van der Waals surface area contributed by atoms with Gasteiger partial charge in [-0.05, 0) is 43.2 Å². The second kappa shape index (κ2) is 6.59. The highest BCUT2D eigenvalue weighted by molar-refractivity contribution is 7.99. The van der Waals surface area contributed by atoms with Crippen LogP contribution in [0.5, 0.6) is 5.75 Å². The number of hydrogen-bond acceptors (Lipinski definition) is 4. The van der Waals surface area contributed by atoms with Gasteiger partial charge in [0.2, 0.25) is 0 Å². The highest BCUT2D eigenvalue weighted by Crippen LogP contribution is 2.40. The van der Waals surface area contributed by atoms with Crippen molar-refractivity contribution >= 4 is 11.8 Å². The fourth-order valence-corrected chi connectivity index (χ4v) is 4.73. The maximum atomic E-state index is 6.41. The molecule has 0 radical (unpaired) electrons. The van der Waals surface area contributed by atoms with E-state index in [2.05, 4.69) is 25.1 Å². The van der Waals surface area contributed by atoms with E-state index in [1.165, 1.54) is 23.3 Å². The molecule has 0 saturated carbocycles. The van der Waals surface area contributed by atoms with Gasteiger partial charge in [0.05, 0.1) is 12.2 Å². The highest BCUT2D eigenvalue weighted by atomic mass is 32.2. The van der Waals surface area contributed by atoms with Crippen LogP contribution in [0.2, 0.25) is 0 Å². The highest BCUT2D eigenvalue weighted by Gasteiger charge is 2.41. The Hall–Kier alpha value is -0.710. The van der Waals surface area contributed by atoms with Crippen molar-refractivity contribution < 1.29 is 9.47 Å². The summed E-state index contributed by atoms with van der Waals surface area (Å²) in [6, 6.07) is 6.35. The summed E-state index contributed by atoms with van der Waals surface area (Å²) >= 11 is 2.01. The SMILES string of the molecule is Cc1cccc(CCN)c1OC1CCOC2(CCSC2)C1. The van der Waals surface area contributed by atoms with Crippen molar-refractivity contribution in [3.63, 3.8) is 0 Å². The molecule has 2 fully saturated rings. The lowest BCUT2D eigenvalue weighted by Crippen LogP contribution is -2.44. The Morgan fingerprint density at radius 3 is 3.14 bits per heavy atom. The van der Waals surface area contributed by atoms with Crippen LogP contribution in [-0.4, -0.2) is 36.4 Å². The minimum Gasteiger partial charge on any atom is -0.490 e. The molecule has 2 N–H and O–H groups in total. The van der Waals surface area contributed by atoms with Crippen molar-refractivity contribution in [3.8, 4) is 5.75 Å². The van der Waals surface area contributed by atoms with E-state index in [1.54, 1.807) is 0 Å². The van der Waals surface area contributed by atoms with E-state index in [9.17, 15) is 0 Å². The summed E-state index contributed by atoms with van der Waals surface area (Å²) in [7, 11) is 0. The van der Waals surface area contributed by atoms with Gasteiger partial charge in [0.15, 0.2) is 0 Å². The van der Waals surface area contributed by atoms with Gasteiger partial charge in [0.1, 0.15) is 11.9 Å². The summed E-state index contributed by atoms with van der Waals surface area (Å²) in [4.78, 5) is 0. The molecule has 2 unspecified atom stereocenters. The molecular formula is C17H25NO2S. The molecule has 2 atom stereocenters. The normalized spacial score (nSPS) is 29.0. The summed E-state index contributed by atoms with van der Waals surface area (Å²) in [5.41, 5.74) is 8.25. The second-order valence-corrected chi connectivity index (χ2v) is 7.27. The van der Waals surface area contributed by atoms with Crippen LogP contribution in [0, 0.1) is 6.92 Å². The molecule has 0 amide bonds. The molecule has 0 bridgehead atoms. The maximum Gasteiger partial charge on any atom is 0.125 e. The van der Waals surface area contributed by atoms with E-state index in [4.69, 9.17) is 15.2 Å². The number of hydrogen-bond donors (Lipinski definition) is 1. The maximum absolute atomic E-state index is 6.41. The Labute approximate surface area is 131 Å². The molecule has 2 aliphatic heterocycles. The zero-order valence-electron chi connectivity index (χ0n) is 12.8. The molecule has 116 valence electrons. The predicted octanol–water partition coefficient (Wildman–Crippen LogP) is 2.93. The zero-order valence-corrected chi connectivity index (χ0v) is 13.6. The molecule has 3 nitrogen and oxygen atoms in total. The van der Waals surface area contributed by atoms with Crippen LogP contribution in [0.25, 0.3) is 0 Å². The van der Waals surface area contributed by atoms with Crippen molar-refractivity contribution in [2.45, 2.75) is 44.3 Å². The molecule has 21 heavy (non-hydrogen) atoms. The van der Waals surface area contributed by atoms with Crippen LogP contribution in [0.15, 0.2) is 18.2 Å². The third-order valence-electron chi connectivity index (χ3n) is 4.51. The molecule has 1 aromatic carbocycles. The molecule has 3 rings (SSSR count). The van der Waals surface area contributed by atoms with E-state index < -0.39 is 0 Å². The Bertz CT molecular complexity index is 486. The van der Waals surface area contributed by atoms with Gasteiger partial charge in [0.25, 0.3) is 0 Å². The molecule has 2 saturated heterocycles. The average molecular weight is 307 g/mol. The minimum atomic E-state index is 0.0737. The Morgan fingerprint density at radius 2 is 2.38 bits per heavy atom. The Morgan fingerprint density at radius 1 is 1.48 bits per heavy atom. The lowest BCUT2D eigenvalue weighted by molar-refractivity contribution is -0.0961. The summed E-state index contributed by atoms with van der Waals surface area (Å²) in [5, 5.41) is 0. The number of aryl methyl sites for hydroxylation is 1. The van der Waals surface area contributed by atoms with Crippen LogP contribution in [0.3, 0.4) is 0 Å². The molecule has 1 spiro atoms. The van der Waals surface area contributed by atoms with Crippen molar-refractivity contribution in [2.24, 2.45) is 5.73 Å². The fourth-order valence-electron chi connectivity index (χ4n) is 3.35. The van der Waals surface area contributed by atoms with Crippen LogP contribution in [-0.2, 0) is 11.2 Å². The third-order valence-corrected chi connectivity index (χ3v) is 5.73.